The van der Waals surface area contributed by atoms with E-state index in [0.29, 0.717) is 0 Å². The fraction of sp³-hybridized carbons (Fsp3) is 0.143. The summed E-state index contributed by atoms with van der Waals surface area (Å²) in [7, 11) is 1.88. The molecule has 1 aromatic carbocycles. The van der Waals surface area contributed by atoms with Crippen LogP contribution >= 0.6 is 31.9 Å². The lowest BCUT2D eigenvalue weighted by Gasteiger charge is -2.11. The van der Waals surface area contributed by atoms with Gasteiger partial charge in [-0.2, -0.15) is 0 Å². The average molecular weight is 385 g/mol. The van der Waals surface area contributed by atoms with E-state index in [1.54, 1.807) is 6.26 Å². The molecule has 0 saturated carbocycles. The first-order valence-electron chi connectivity index (χ1n) is 5.79. The van der Waals surface area contributed by atoms with Gasteiger partial charge in [0.25, 0.3) is 0 Å². The van der Waals surface area contributed by atoms with Gasteiger partial charge in [-0.25, -0.2) is 0 Å². The van der Waals surface area contributed by atoms with Gasteiger partial charge in [-0.1, -0.05) is 12.1 Å². The van der Waals surface area contributed by atoms with Crippen molar-refractivity contribution in [1.29, 1.82) is 0 Å². The van der Waals surface area contributed by atoms with Crippen molar-refractivity contribution < 1.29 is 8.83 Å². The van der Waals surface area contributed by atoms with Crippen LogP contribution in [0.2, 0.25) is 0 Å². The maximum Gasteiger partial charge on any atom is 0.148 e. The van der Waals surface area contributed by atoms with Crippen LogP contribution in [0.5, 0.6) is 0 Å². The summed E-state index contributed by atoms with van der Waals surface area (Å²) < 4.78 is 13.3. The number of fused-ring (bicyclic) bond motifs is 1. The summed E-state index contributed by atoms with van der Waals surface area (Å²) in [5.74, 6) is 1.62. The Morgan fingerprint density at radius 3 is 2.63 bits per heavy atom. The summed E-state index contributed by atoms with van der Waals surface area (Å²) >= 11 is 6.98. The standard InChI is InChI=1S/C14H11Br2NO2/c1-17-12(14-10(16)5-6-18-14)11-7-8-3-2-4-9(15)13(8)19-11/h2-7,12,17H,1H3. The molecule has 0 amide bonds. The quantitative estimate of drug-likeness (QED) is 0.700. The number of para-hydroxylation sites is 1. The number of hydrogen-bond donors (Lipinski definition) is 1. The topological polar surface area (TPSA) is 38.3 Å². The van der Waals surface area contributed by atoms with E-state index < -0.39 is 0 Å². The van der Waals surface area contributed by atoms with Crippen LogP contribution < -0.4 is 5.32 Å². The van der Waals surface area contributed by atoms with Gasteiger partial charge >= 0.3 is 0 Å². The molecule has 5 heteroatoms. The highest BCUT2D eigenvalue weighted by Crippen LogP contribution is 2.34. The molecule has 2 heterocycles. The molecule has 0 aliphatic rings. The largest absolute Gasteiger partial charge is 0.466 e. The van der Waals surface area contributed by atoms with E-state index in [2.05, 4.69) is 37.2 Å². The molecule has 0 bridgehead atoms. The van der Waals surface area contributed by atoms with E-state index in [4.69, 9.17) is 8.83 Å². The van der Waals surface area contributed by atoms with E-state index in [0.717, 1.165) is 31.4 Å². The molecule has 0 fully saturated rings. The lowest BCUT2D eigenvalue weighted by Crippen LogP contribution is -2.16. The SMILES string of the molecule is CNC(c1cc2cccc(Br)c2o1)c1occc1Br. The minimum absolute atomic E-state index is 0.122. The Labute approximate surface area is 127 Å². The van der Waals surface area contributed by atoms with Gasteiger partial charge in [-0.15, -0.1) is 0 Å². The zero-order valence-corrected chi connectivity index (χ0v) is 13.3. The zero-order chi connectivity index (χ0) is 13.4. The Morgan fingerprint density at radius 2 is 2.00 bits per heavy atom. The molecule has 0 radical (unpaired) electrons. The Balaban J connectivity index is 2.12. The highest BCUT2D eigenvalue weighted by molar-refractivity contribution is 9.11. The van der Waals surface area contributed by atoms with Crippen molar-refractivity contribution in [3.05, 3.63) is 57.1 Å². The minimum atomic E-state index is -0.122. The molecule has 0 aliphatic heterocycles. The lowest BCUT2D eigenvalue weighted by molar-refractivity contribution is 0.412. The van der Waals surface area contributed by atoms with E-state index in [9.17, 15) is 0 Å². The van der Waals surface area contributed by atoms with E-state index in [1.807, 2.05) is 37.4 Å². The maximum absolute atomic E-state index is 5.94. The molecule has 1 unspecified atom stereocenters. The van der Waals surface area contributed by atoms with Crippen molar-refractivity contribution in [2.24, 2.45) is 0 Å². The number of benzene rings is 1. The third kappa shape index (κ3) is 2.26. The molecule has 19 heavy (non-hydrogen) atoms. The Bertz CT molecular complexity index is 717. The van der Waals surface area contributed by atoms with Crippen LogP contribution in [0.3, 0.4) is 0 Å². The lowest BCUT2D eigenvalue weighted by atomic mass is 10.1. The van der Waals surface area contributed by atoms with Crippen LogP contribution in [0, 0.1) is 0 Å². The molecule has 0 saturated heterocycles. The molecule has 0 aliphatic carbocycles. The fourth-order valence-corrected chi connectivity index (χ4v) is 3.00. The van der Waals surface area contributed by atoms with Crippen LogP contribution in [-0.4, -0.2) is 7.05 Å². The highest BCUT2D eigenvalue weighted by atomic mass is 79.9. The second-order valence-corrected chi connectivity index (χ2v) is 5.87. The second-order valence-electron chi connectivity index (χ2n) is 4.16. The first-order chi connectivity index (χ1) is 9.20. The first-order valence-corrected chi connectivity index (χ1v) is 7.37. The number of rotatable bonds is 3. The Kier molecular flexibility index (Phi) is 3.52. The molecule has 98 valence electrons. The smallest absolute Gasteiger partial charge is 0.148 e. The van der Waals surface area contributed by atoms with Gasteiger partial charge in [0, 0.05) is 5.39 Å². The zero-order valence-electron chi connectivity index (χ0n) is 10.1. The molecule has 3 aromatic rings. The average Bonchev–Trinajstić information content (AvgIpc) is 2.99. The van der Waals surface area contributed by atoms with E-state index in [1.165, 1.54) is 0 Å². The van der Waals surface area contributed by atoms with Crippen molar-refractivity contribution >= 4 is 42.8 Å². The summed E-state index contributed by atoms with van der Waals surface area (Å²) in [6.07, 6.45) is 1.66. The van der Waals surface area contributed by atoms with E-state index >= 15 is 0 Å². The van der Waals surface area contributed by atoms with Crippen molar-refractivity contribution in [2.75, 3.05) is 7.05 Å². The molecule has 3 nitrogen and oxygen atoms in total. The molecule has 3 rings (SSSR count). The third-order valence-corrected chi connectivity index (χ3v) is 4.27. The van der Waals surface area contributed by atoms with Crippen molar-refractivity contribution in [3.8, 4) is 0 Å². The van der Waals surface area contributed by atoms with Crippen LogP contribution in [0.25, 0.3) is 11.0 Å². The summed E-state index contributed by atoms with van der Waals surface area (Å²) in [5.41, 5.74) is 0.848. The summed E-state index contributed by atoms with van der Waals surface area (Å²) in [5, 5.41) is 4.27. The van der Waals surface area contributed by atoms with Crippen LogP contribution in [0.15, 0.2) is 54.4 Å². The molecular weight excluding hydrogens is 374 g/mol. The molecule has 0 spiro atoms. The second kappa shape index (κ2) is 5.15. The number of halogens is 2. The maximum atomic E-state index is 5.94. The third-order valence-electron chi connectivity index (χ3n) is 3.00. The van der Waals surface area contributed by atoms with Crippen molar-refractivity contribution in [1.82, 2.24) is 5.32 Å². The minimum Gasteiger partial charge on any atom is -0.466 e. The summed E-state index contributed by atoms with van der Waals surface area (Å²) in [4.78, 5) is 0. The van der Waals surface area contributed by atoms with Gasteiger partial charge in [-0.05, 0) is 57.1 Å². The van der Waals surface area contributed by atoms with Gasteiger partial charge < -0.3 is 14.2 Å². The fourth-order valence-electron chi connectivity index (χ4n) is 2.10. The molecular formula is C14H11Br2NO2. The number of hydrogen-bond acceptors (Lipinski definition) is 3. The van der Waals surface area contributed by atoms with Gasteiger partial charge in [0.05, 0.1) is 15.2 Å². The van der Waals surface area contributed by atoms with Crippen LogP contribution in [-0.2, 0) is 0 Å². The Hall–Kier alpha value is -1.04. The molecule has 1 N–H and O–H groups in total. The van der Waals surface area contributed by atoms with Gasteiger partial charge in [-0.3, -0.25) is 0 Å². The van der Waals surface area contributed by atoms with E-state index in [-0.39, 0.29) is 6.04 Å². The summed E-state index contributed by atoms with van der Waals surface area (Å²) in [6, 6.07) is 9.75. The normalized spacial score (nSPS) is 13.0. The number of furan rings is 2. The molecule has 2 aromatic heterocycles. The van der Waals surface area contributed by atoms with Gasteiger partial charge in [0.2, 0.25) is 0 Å². The van der Waals surface area contributed by atoms with Crippen molar-refractivity contribution in [3.63, 3.8) is 0 Å². The summed E-state index contributed by atoms with van der Waals surface area (Å²) in [6.45, 7) is 0. The Morgan fingerprint density at radius 1 is 1.16 bits per heavy atom. The van der Waals surface area contributed by atoms with Gasteiger partial charge in [0.15, 0.2) is 0 Å². The highest BCUT2D eigenvalue weighted by Gasteiger charge is 2.22. The van der Waals surface area contributed by atoms with Gasteiger partial charge in [0.1, 0.15) is 23.1 Å². The van der Waals surface area contributed by atoms with Crippen LogP contribution in [0.1, 0.15) is 17.6 Å². The van der Waals surface area contributed by atoms with Crippen molar-refractivity contribution in [2.45, 2.75) is 6.04 Å². The predicted molar refractivity (Wildman–Crippen MR) is 81.2 cm³/mol. The molecule has 1 atom stereocenters. The first kappa shape index (κ1) is 13.0. The number of nitrogens with one attached hydrogen (secondary N) is 1. The van der Waals surface area contributed by atoms with Crippen LogP contribution in [0.4, 0.5) is 0 Å². The monoisotopic (exact) mass is 383 g/mol. The predicted octanol–water partition coefficient (Wildman–Crippen LogP) is 4.86.